The van der Waals surface area contributed by atoms with E-state index >= 15 is 0 Å². The largest absolute Gasteiger partial charge is 0.484 e. The number of rotatable bonds is 3. The maximum Gasteiger partial charge on any atom is 0.232 e. The SMILES string of the molecule is Cc1nc(COc2ccc3c(c2)CCC3=O)oc1C. The zero-order valence-corrected chi connectivity index (χ0v) is 11.0. The van der Waals surface area contributed by atoms with Gasteiger partial charge in [-0.25, -0.2) is 4.98 Å². The van der Waals surface area contributed by atoms with Gasteiger partial charge in [-0.05, 0) is 44.0 Å². The van der Waals surface area contributed by atoms with Crippen molar-refractivity contribution in [3.63, 3.8) is 0 Å². The number of aryl methyl sites for hydroxylation is 3. The summed E-state index contributed by atoms with van der Waals surface area (Å²) in [7, 11) is 0. The Bertz CT molecular complexity index is 623. The lowest BCUT2D eigenvalue weighted by atomic mass is 10.1. The van der Waals surface area contributed by atoms with E-state index < -0.39 is 0 Å². The summed E-state index contributed by atoms with van der Waals surface area (Å²) >= 11 is 0. The molecule has 4 heteroatoms. The summed E-state index contributed by atoms with van der Waals surface area (Å²) in [5, 5.41) is 0. The minimum atomic E-state index is 0.223. The van der Waals surface area contributed by atoms with Gasteiger partial charge in [-0.15, -0.1) is 0 Å². The number of ether oxygens (including phenoxy) is 1. The van der Waals surface area contributed by atoms with Gasteiger partial charge in [-0.2, -0.15) is 0 Å². The molecule has 3 rings (SSSR count). The van der Waals surface area contributed by atoms with Crippen LogP contribution in [0.4, 0.5) is 0 Å². The Hall–Kier alpha value is -2.10. The van der Waals surface area contributed by atoms with Gasteiger partial charge in [0.25, 0.3) is 0 Å². The summed E-state index contributed by atoms with van der Waals surface area (Å²) in [4.78, 5) is 15.8. The lowest BCUT2D eigenvalue weighted by Gasteiger charge is -2.05. The first-order valence-corrected chi connectivity index (χ1v) is 6.35. The second kappa shape index (κ2) is 4.53. The van der Waals surface area contributed by atoms with E-state index in [9.17, 15) is 4.79 Å². The summed E-state index contributed by atoms with van der Waals surface area (Å²) in [6.07, 6.45) is 1.42. The van der Waals surface area contributed by atoms with Crippen LogP contribution in [0.1, 0.15) is 39.7 Å². The van der Waals surface area contributed by atoms with E-state index in [0.29, 0.717) is 18.9 Å². The van der Waals surface area contributed by atoms with Crippen LogP contribution in [0.2, 0.25) is 0 Å². The van der Waals surface area contributed by atoms with Gasteiger partial charge in [-0.1, -0.05) is 0 Å². The number of carbonyl (C=O) groups excluding carboxylic acids is 1. The van der Waals surface area contributed by atoms with Crippen molar-refractivity contribution >= 4 is 5.78 Å². The monoisotopic (exact) mass is 257 g/mol. The molecule has 4 nitrogen and oxygen atoms in total. The number of benzene rings is 1. The van der Waals surface area contributed by atoms with Crippen molar-refractivity contribution in [2.75, 3.05) is 0 Å². The van der Waals surface area contributed by atoms with Gasteiger partial charge >= 0.3 is 0 Å². The van der Waals surface area contributed by atoms with Gasteiger partial charge < -0.3 is 9.15 Å². The van der Waals surface area contributed by atoms with Gasteiger partial charge in [-0.3, -0.25) is 4.79 Å². The van der Waals surface area contributed by atoms with Crippen LogP contribution in [0.15, 0.2) is 22.6 Å². The first kappa shape index (κ1) is 12.0. The molecule has 0 atom stereocenters. The minimum Gasteiger partial charge on any atom is -0.484 e. The standard InChI is InChI=1S/C15H15NO3/c1-9-10(2)19-15(16-9)8-18-12-4-5-13-11(7-12)3-6-14(13)17/h4-5,7H,3,6,8H2,1-2H3. The quantitative estimate of drug-likeness (QED) is 0.848. The zero-order chi connectivity index (χ0) is 13.4. The van der Waals surface area contributed by atoms with Crippen molar-refractivity contribution in [1.29, 1.82) is 0 Å². The normalized spacial score (nSPS) is 13.7. The molecular weight excluding hydrogens is 242 g/mol. The number of nitrogens with zero attached hydrogens (tertiary/aromatic N) is 1. The average Bonchev–Trinajstić information content (AvgIpc) is 2.91. The molecule has 2 aromatic rings. The van der Waals surface area contributed by atoms with Crippen LogP contribution in [0, 0.1) is 13.8 Å². The number of hydrogen-bond acceptors (Lipinski definition) is 4. The van der Waals surface area contributed by atoms with Crippen LogP contribution in [0.3, 0.4) is 0 Å². The smallest absolute Gasteiger partial charge is 0.232 e. The highest BCUT2D eigenvalue weighted by atomic mass is 16.5. The lowest BCUT2D eigenvalue weighted by Crippen LogP contribution is -1.97. The van der Waals surface area contributed by atoms with Crippen LogP contribution in [0.25, 0.3) is 0 Å². The fourth-order valence-corrected chi connectivity index (χ4v) is 2.27. The summed E-state index contributed by atoms with van der Waals surface area (Å²) in [6.45, 7) is 4.09. The van der Waals surface area contributed by atoms with E-state index in [0.717, 1.165) is 34.8 Å². The lowest BCUT2D eigenvalue weighted by molar-refractivity contribution is 0.0994. The van der Waals surface area contributed by atoms with Gasteiger partial charge in [0, 0.05) is 12.0 Å². The third-order valence-corrected chi connectivity index (χ3v) is 3.43. The highest BCUT2D eigenvalue weighted by Crippen LogP contribution is 2.26. The molecule has 98 valence electrons. The number of Topliss-reactive ketones (excluding diaryl/α,β-unsaturated/α-hetero) is 1. The second-order valence-corrected chi connectivity index (χ2v) is 4.78. The molecule has 0 radical (unpaired) electrons. The molecule has 0 spiro atoms. The maximum absolute atomic E-state index is 11.5. The molecular formula is C15H15NO3. The molecule has 1 heterocycles. The molecule has 0 saturated carbocycles. The van der Waals surface area contributed by atoms with Crippen molar-refractivity contribution < 1.29 is 13.9 Å². The van der Waals surface area contributed by atoms with E-state index in [1.54, 1.807) is 0 Å². The predicted octanol–water partition coefficient (Wildman–Crippen LogP) is 3.00. The van der Waals surface area contributed by atoms with Crippen molar-refractivity contribution in [2.24, 2.45) is 0 Å². The van der Waals surface area contributed by atoms with E-state index in [-0.39, 0.29) is 5.78 Å². The third kappa shape index (κ3) is 2.26. The molecule has 0 fully saturated rings. The maximum atomic E-state index is 11.5. The number of ketones is 1. The number of oxazole rings is 1. The number of hydrogen-bond donors (Lipinski definition) is 0. The Morgan fingerprint density at radius 3 is 2.89 bits per heavy atom. The molecule has 1 aliphatic carbocycles. The first-order chi connectivity index (χ1) is 9.13. The highest BCUT2D eigenvalue weighted by Gasteiger charge is 2.19. The molecule has 0 amide bonds. The van der Waals surface area contributed by atoms with Crippen LogP contribution in [-0.4, -0.2) is 10.8 Å². The van der Waals surface area contributed by atoms with Gasteiger partial charge in [0.2, 0.25) is 5.89 Å². The van der Waals surface area contributed by atoms with Crippen molar-refractivity contribution in [2.45, 2.75) is 33.3 Å². The predicted molar refractivity (Wildman–Crippen MR) is 69.4 cm³/mol. The van der Waals surface area contributed by atoms with Crippen molar-refractivity contribution in [3.05, 3.63) is 46.7 Å². The van der Waals surface area contributed by atoms with Gasteiger partial charge in [0.15, 0.2) is 12.4 Å². The number of fused-ring (bicyclic) bond motifs is 1. The summed E-state index contributed by atoms with van der Waals surface area (Å²) in [5.41, 5.74) is 2.79. The van der Waals surface area contributed by atoms with Crippen LogP contribution < -0.4 is 4.74 Å². The minimum absolute atomic E-state index is 0.223. The van der Waals surface area contributed by atoms with E-state index in [1.165, 1.54) is 0 Å². The second-order valence-electron chi connectivity index (χ2n) is 4.78. The van der Waals surface area contributed by atoms with E-state index in [1.807, 2.05) is 32.0 Å². The van der Waals surface area contributed by atoms with Crippen LogP contribution in [0.5, 0.6) is 5.75 Å². The fraction of sp³-hybridized carbons (Fsp3) is 0.333. The molecule has 0 bridgehead atoms. The molecule has 0 unspecified atom stereocenters. The summed E-state index contributed by atoms with van der Waals surface area (Å²) in [5.74, 6) is 2.37. The molecule has 1 aromatic heterocycles. The van der Waals surface area contributed by atoms with E-state index in [4.69, 9.17) is 9.15 Å². The van der Waals surface area contributed by atoms with Crippen LogP contribution in [-0.2, 0) is 13.0 Å². The Morgan fingerprint density at radius 1 is 1.32 bits per heavy atom. The Morgan fingerprint density at radius 2 is 2.16 bits per heavy atom. The molecule has 1 aliphatic rings. The number of carbonyl (C=O) groups is 1. The fourth-order valence-electron chi connectivity index (χ4n) is 2.27. The van der Waals surface area contributed by atoms with Crippen molar-refractivity contribution in [3.8, 4) is 5.75 Å². The molecule has 19 heavy (non-hydrogen) atoms. The van der Waals surface area contributed by atoms with Gasteiger partial charge in [0.1, 0.15) is 11.5 Å². The van der Waals surface area contributed by atoms with E-state index in [2.05, 4.69) is 4.98 Å². The highest BCUT2D eigenvalue weighted by molar-refractivity contribution is 6.00. The molecule has 1 aromatic carbocycles. The Kier molecular flexibility index (Phi) is 2.85. The topological polar surface area (TPSA) is 52.3 Å². The Balaban J connectivity index is 1.72. The molecule has 0 saturated heterocycles. The Labute approximate surface area is 111 Å². The summed E-state index contributed by atoms with van der Waals surface area (Å²) in [6, 6.07) is 5.60. The van der Waals surface area contributed by atoms with Gasteiger partial charge in [0.05, 0.1) is 5.69 Å². The summed E-state index contributed by atoms with van der Waals surface area (Å²) < 4.78 is 11.1. The number of aromatic nitrogens is 1. The molecule has 0 aliphatic heterocycles. The third-order valence-electron chi connectivity index (χ3n) is 3.43. The van der Waals surface area contributed by atoms with Crippen LogP contribution >= 0.6 is 0 Å². The van der Waals surface area contributed by atoms with Crippen molar-refractivity contribution in [1.82, 2.24) is 4.98 Å². The first-order valence-electron chi connectivity index (χ1n) is 6.35. The zero-order valence-electron chi connectivity index (χ0n) is 11.0. The molecule has 0 N–H and O–H groups in total. The average molecular weight is 257 g/mol.